The average Bonchev–Trinajstić information content (AvgIpc) is 2.92. The lowest BCUT2D eigenvalue weighted by molar-refractivity contribution is -0.385. The zero-order chi connectivity index (χ0) is 22.1. The molecule has 2 heterocycles. The topological polar surface area (TPSA) is 121 Å². The van der Waals surface area contributed by atoms with E-state index in [0.717, 1.165) is 0 Å². The molecule has 1 amide bonds. The lowest BCUT2D eigenvalue weighted by Gasteiger charge is -2.30. The standard InChI is InChI=1S/C20H17N5O5S/c1-11(26)24-15-7-5-4-6-13(15)17-18(21-20(31-3)23-22-17)30-19(24)14-10-12(25(27)28)8-9-16(14)29-2/h4-10,19H,1-3H3. The van der Waals surface area contributed by atoms with Gasteiger partial charge in [0.15, 0.2) is 5.69 Å². The molecule has 0 N–H and O–H groups in total. The second kappa shape index (κ2) is 8.19. The lowest BCUT2D eigenvalue weighted by Crippen LogP contribution is -2.36. The van der Waals surface area contributed by atoms with Gasteiger partial charge in [-0.15, -0.1) is 10.2 Å². The number of hydrogen-bond acceptors (Lipinski definition) is 9. The normalized spacial score (nSPS) is 14.7. The third kappa shape index (κ3) is 3.63. The number of thioether (sulfide) groups is 1. The second-order valence-corrected chi connectivity index (χ2v) is 7.29. The highest BCUT2D eigenvalue weighted by atomic mass is 32.2. The van der Waals surface area contributed by atoms with Crippen LogP contribution in [-0.4, -0.2) is 39.4 Å². The number of carbonyl (C=O) groups excluding carboxylic acids is 1. The molecule has 1 aliphatic heterocycles. The van der Waals surface area contributed by atoms with Crippen molar-refractivity contribution in [2.24, 2.45) is 0 Å². The number of ether oxygens (including phenoxy) is 2. The molecule has 0 spiro atoms. The Balaban J connectivity index is 2.01. The fraction of sp³-hybridized carbons (Fsp3) is 0.200. The maximum Gasteiger partial charge on any atom is 0.270 e. The molecule has 1 aromatic heterocycles. The summed E-state index contributed by atoms with van der Waals surface area (Å²) in [5.41, 5.74) is 1.63. The van der Waals surface area contributed by atoms with Crippen molar-refractivity contribution in [3.63, 3.8) is 0 Å². The van der Waals surface area contributed by atoms with Crippen LogP contribution in [0, 0.1) is 10.1 Å². The maximum atomic E-state index is 12.8. The number of non-ortho nitro benzene ring substituents is 1. The summed E-state index contributed by atoms with van der Waals surface area (Å²) in [5, 5.41) is 20.2. The third-order valence-corrected chi connectivity index (χ3v) is 5.26. The number of aromatic nitrogens is 3. The van der Waals surface area contributed by atoms with Crippen LogP contribution in [0.25, 0.3) is 11.3 Å². The van der Waals surface area contributed by atoms with Crippen molar-refractivity contribution in [2.75, 3.05) is 18.3 Å². The summed E-state index contributed by atoms with van der Waals surface area (Å²) in [6.45, 7) is 1.39. The number of hydrogen-bond donors (Lipinski definition) is 0. The summed E-state index contributed by atoms with van der Waals surface area (Å²) in [7, 11) is 1.44. The molecule has 1 atom stereocenters. The van der Waals surface area contributed by atoms with Gasteiger partial charge in [0, 0.05) is 24.6 Å². The number of benzene rings is 2. The van der Waals surface area contributed by atoms with E-state index >= 15 is 0 Å². The molecule has 4 rings (SSSR count). The molecule has 0 aliphatic carbocycles. The molecule has 11 heteroatoms. The third-order valence-electron chi connectivity index (χ3n) is 4.72. The molecule has 158 valence electrons. The van der Waals surface area contributed by atoms with Gasteiger partial charge in [0.05, 0.1) is 23.3 Å². The summed E-state index contributed by atoms with van der Waals surface area (Å²) in [4.78, 5) is 29.5. The number of amides is 1. The Morgan fingerprint density at radius 3 is 2.71 bits per heavy atom. The summed E-state index contributed by atoms with van der Waals surface area (Å²) < 4.78 is 11.6. The minimum Gasteiger partial charge on any atom is -0.496 e. The summed E-state index contributed by atoms with van der Waals surface area (Å²) in [5.74, 6) is 0.154. The average molecular weight is 439 g/mol. The van der Waals surface area contributed by atoms with E-state index in [1.807, 2.05) is 0 Å². The van der Waals surface area contributed by atoms with Crippen molar-refractivity contribution in [3.8, 4) is 22.9 Å². The zero-order valence-electron chi connectivity index (χ0n) is 16.8. The van der Waals surface area contributed by atoms with E-state index in [1.54, 1.807) is 30.5 Å². The fourth-order valence-corrected chi connectivity index (χ4v) is 3.67. The molecule has 31 heavy (non-hydrogen) atoms. The van der Waals surface area contributed by atoms with Crippen molar-refractivity contribution in [3.05, 3.63) is 58.1 Å². The van der Waals surface area contributed by atoms with Crippen molar-refractivity contribution in [1.29, 1.82) is 0 Å². The number of rotatable bonds is 4. The van der Waals surface area contributed by atoms with Crippen LogP contribution in [0.5, 0.6) is 11.6 Å². The predicted molar refractivity (Wildman–Crippen MR) is 113 cm³/mol. The first-order chi connectivity index (χ1) is 14.9. The van der Waals surface area contributed by atoms with E-state index < -0.39 is 11.2 Å². The molecule has 3 aromatic rings. The van der Waals surface area contributed by atoms with E-state index in [2.05, 4.69) is 15.2 Å². The molecule has 0 saturated heterocycles. The van der Waals surface area contributed by atoms with Gasteiger partial charge in [-0.05, 0) is 18.4 Å². The van der Waals surface area contributed by atoms with Gasteiger partial charge in [0.25, 0.3) is 5.69 Å². The molecule has 10 nitrogen and oxygen atoms in total. The number of nitro groups is 1. The first-order valence-electron chi connectivity index (χ1n) is 9.11. The number of nitrogens with zero attached hydrogens (tertiary/aromatic N) is 5. The molecule has 0 fully saturated rings. The predicted octanol–water partition coefficient (Wildman–Crippen LogP) is 3.62. The van der Waals surface area contributed by atoms with Gasteiger partial charge in [-0.1, -0.05) is 30.0 Å². The maximum absolute atomic E-state index is 12.8. The van der Waals surface area contributed by atoms with Gasteiger partial charge in [-0.2, -0.15) is 4.98 Å². The number of carbonyl (C=O) groups is 1. The molecule has 0 bridgehead atoms. The zero-order valence-corrected chi connectivity index (χ0v) is 17.6. The first-order valence-corrected chi connectivity index (χ1v) is 10.3. The quantitative estimate of drug-likeness (QED) is 0.341. The van der Waals surface area contributed by atoms with Gasteiger partial charge >= 0.3 is 0 Å². The highest BCUT2D eigenvalue weighted by Gasteiger charge is 2.36. The van der Waals surface area contributed by atoms with Crippen LogP contribution in [0.3, 0.4) is 0 Å². The van der Waals surface area contributed by atoms with Crippen LogP contribution in [0.1, 0.15) is 18.7 Å². The summed E-state index contributed by atoms with van der Waals surface area (Å²) in [6.07, 6.45) is 0.720. The molecule has 2 aromatic carbocycles. The van der Waals surface area contributed by atoms with Crippen molar-refractivity contribution in [1.82, 2.24) is 15.2 Å². The van der Waals surface area contributed by atoms with Crippen molar-refractivity contribution < 1.29 is 19.2 Å². The highest BCUT2D eigenvalue weighted by molar-refractivity contribution is 7.98. The van der Waals surface area contributed by atoms with Crippen molar-refractivity contribution >= 4 is 29.0 Å². The number of methoxy groups -OCH3 is 1. The number of anilines is 1. The Labute approximate surface area is 181 Å². The Kier molecular flexibility index (Phi) is 5.42. The Morgan fingerprint density at radius 2 is 2.03 bits per heavy atom. The molecule has 0 radical (unpaired) electrons. The smallest absolute Gasteiger partial charge is 0.270 e. The van der Waals surface area contributed by atoms with Gasteiger partial charge in [0.2, 0.25) is 23.2 Å². The SMILES string of the molecule is COc1ccc([N+](=O)[O-])cc1C1Oc2nc(SC)nnc2-c2ccccc2N1C(C)=O. The van der Waals surface area contributed by atoms with Crippen molar-refractivity contribution in [2.45, 2.75) is 18.3 Å². The lowest BCUT2D eigenvalue weighted by atomic mass is 10.1. The van der Waals surface area contributed by atoms with Gasteiger partial charge in [-0.25, -0.2) is 0 Å². The molecular formula is C20H17N5O5S. The van der Waals surface area contributed by atoms with Crippen LogP contribution in [-0.2, 0) is 4.79 Å². The molecular weight excluding hydrogens is 422 g/mol. The summed E-state index contributed by atoms with van der Waals surface area (Å²) >= 11 is 1.29. The van der Waals surface area contributed by atoms with E-state index in [1.165, 1.54) is 48.9 Å². The highest BCUT2D eigenvalue weighted by Crippen LogP contribution is 2.45. The largest absolute Gasteiger partial charge is 0.496 e. The molecule has 1 unspecified atom stereocenters. The van der Waals surface area contributed by atoms with Gasteiger partial charge in [0.1, 0.15) is 5.75 Å². The number of para-hydroxylation sites is 1. The van der Waals surface area contributed by atoms with E-state index in [4.69, 9.17) is 9.47 Å². The Morgan fingerprint density at radius 1 is 1.26 bits per heavy atom. The van der Waals surface area contributed by atoms with E-state index in [0.29, 0.717) is 33.4 Å². The first kappa shape index (κ1) is 20.5. The van der Waals surface area contributed by atoms with Crippen LogP contribution in [0.15, 0.2) is 47.6 Å². The Bertz CT molecular complexity index is 1190. The minimum atomic E-state index is -1.08. The van der Waals surface area contributed by atoms with Crippen LogP contribution in [0.4, 0.5) is 11.4 Å². The van der Waals surface area contributed by atoms with Crippen LogP contribution >= 0.6 is 11.8 Å². The van der Waals surface area contributed by atoms with E-state index in [9.17, 15) is 14.9 Å². The monoisotopic (exact) mass is 439 g/mol. The van der Waals surface area contributed by atoms with E-state index in [-0.39, 0.29) is 17.5 Å². The molecule has 0 saturated carbocycles. The minimum absolute atomic E-state index is 0.161. The number of nitro benzene ring substituents is 1. The van der Waals surface area contributed by atoms with Gasteiger partial charge < -0.3 is 9.47 Å². The van der Waals surface area contributed by atoms with Crippen LogP contribution < -0.4 is 14.4 Å². The van der Waals surface area contributed by atoms with Gasteiger partial charge in [-0.3, -0.25) is 19.8 Å². The summed E-state index contributed by atoms with van der Waals surface area (Å²) in [6, 6.07) is 11.2. The number of fused-ring (bicyclic) bond motifs is 3. The fourth-order valence-electron chi connectivity index (χ4n) is 3.37. The second-order valence-electron chi connectivity index (χ2n) is 6.51. The Hall–Kier alpha value is -3.73. The molecule has 1 aliphatic rings. The van der Waals surface area contributed by atoms with Crippen LogP contribution in [0.2, 0.25) is 0 Å².